The Labute approximate surface area is 107 Å². The van der Waals surface area contributed by atoms with E-state index in [-0.39, 0.29) is 11.5 Å². The molecule has 1 fully saturated rings. The third-order valence-electron chi connectivity index (χ3n) is 3.93. The number of piperidine rings is 1. The van der Waals surface area contributed by atoms with Gasteiger partial charge in [0.2, 0.25) is 0 Å². The first-order valence-corrected chi connectivity index (χ1v) is 6.43. The summed E-state index contributed by atoms with van der Waals surface area (Å²) in [5, 5.41) is 2.99. The number of likely N-dealkylation sites (tertiary alicyclic amines) is 1. The van der Waals surface area contributed by atoms with Crippen LogP contribution in [0.4, 0.5) is 0 Å². The van der Waals surface area contributed by atoms with E-state index in [9.17, 15) is 4.79 Å². The summed E-state index contributed by atoms with van der Waals surface area (Å²) in [7, 11) is 2.12. The molecule has 2 aliphatic rings. The van der Waals surface area contributed by atoms with Gasteiger partial charge in [-0.3, -0.25) is 4.79 Å². The Hall–Kier alpha value is -1.55. The molecule has 18 heavy (non-hydrogen) atoms. The molecule has 0 aromatic heterocycles. The van der Waals surface area contributed by atoms with Crippen LogP contribution in [0.25, 0.3) is 0 Å². The zero-order valence-electron chi connectivity index (χ0n) is 10.6. The highest BCUT2D eigenvalue weighted by Gasteiger charge is 2.39. The normalized spacial score (nSPS) is 22.8. The molecular formula is C14H18N2O2. The molecule has 0 atom stereocenters. The lowest BCUT2D eigenvalue weighted by Gasteiger charge is -2.39. The molecule has 1 aromatic rings. The number of amides is 1. The summed E-state index contributed by atoms with van der Waals surface area (Å²) >= 11 is 0. The Balaban J connectivity index is 1.91. The average Bonchev–Trinajstić information content (AvgIpc) is 2.53. The van der Waals surface area contributed by atoms with Crippen LogP contribution in [0.15, 0.2) is 24.3 Å². The van der Waals surface area contributed by atoms with Gasteiger partial charge in [0.1, 0.15) is 11.4 Å². The SMILES string of the molecule is CN1CCC2(CC1)CNC(=O)c1ccccc1O2. The summed E-state index contributed by atoms with van der Waals surface area (Å²) in [5.74, 6) is 0.693. The first-order valence-electron chi connectivity index (χ1n) is 6.43. The number of carbonyl (C=O) groups is 1. The number of hydrogen-bond donors (Lipinski definition) is 1. The van der Waals surface area contributed by atoms with E-state index in [4.69, 9.17) is 4.74 Å². The molecule has 96 valence electrons. The van der Waals surface area contributed by atoms with Gasteiger partial charge in [0.25, 0.3) is 5.91 Å². The van der Waals surface area contributed by atoms with Crippen molar-refractivity contribution >= 4 is 5.91 Å². The highest BCUT2D eigenvalue weighted by Crippen LogP contribution is 2.32. The molecule has 2 heterocycles. The van der Waals surface area contributed by atoms with Gasteiger partial charge in [-0.2, -0.15) is 0 Å². The third-order valence-corrected chi connectivity index (χ3v) is 3.93. The van der Waals surface area contributed by atoms with Crippen LogP contribution in [0, 0.1) is 0 Å². The molecule has 0 unspecified atom stereocenters. The van der Waals surface area contributed by atoms with Crippen LogP contribution in [0.3, 0.4) is 0 Å². The first-order chi connectivity index (χ1) is 8.69. The molecule has 1 N–H and O–H groups in total. The van der Waals surface area contributed by atoms with Crippen LogP contribution in [0.5, 0.6) is 5.75 Å². The quantitative estimate of drug-likeness (QED) is 0.749. The minimum absolute atomic E-state index is 0.0265. The Morgan fingerprint density at radius 2 is 2.00 bits per heavy atom. The van der Waals surface area contributed by atoms with Crippen LogP contribution in [-0.2, 0) is 0 Å². The van der Waals surface area contributed by atoms with Gasteiger partial charge < -0.3 is 15.0 Å². The third kappa shape index (κ3) is 1.97. The van der Waals surface area contributed by atoms with Crippen molar-refractivity contribution in [3.8, 4) is 5.75 Å². The molecule has 0 bridgehead atoms. The van der Waals surface area contributed by atoms with Crippen molar-refractivity contribution in [2.75, 3.05) is 26.7 Å². The molecule has 0 aliphatic carbocycles. The number of hydrogen-bond acceptors (Lipinski definition) is 3. The zero-order valence-corrected chi connectivity index (χ0v) is 10.6. The smallest absolute Gasteiger partial charge is 0.255 e. The van der Waals surface area contributed by atoms with Gasteiger partial charge >= 0.3 is 0 Å². The van der Waals surface area contributed by atoms with E-state index in [0.717, 1.165) is 31.7 Å². The highest BCUT2D eigenvalue weighted by atomic mass is 16.5. The van der Waals surface area contributed by atoms with Crippen molar-refractivity contribution in [2.24, 2.45) is 0 Å². The zero-order chi connectivity index (χ0) is 12.6. The molecule has 0 saturated carbocycles. The van der Waals surface area contributed by atoms with Crippen molar-refractivity contribution < 1.29 is 9.53 Å². The number of fused-ring (bicyclic) bond motifs is 1. The van der Waals surface area contributed by atoms with Crippen LogP contribution in [0.1, 0.15) is 23.2 Å². The lowest BCUT2D eigenvalue weighted by molar-refractivity contribution is 0.0127. The maximum Gasteiger partial charge on any atom is 0.255 e. The van der Waals surface area contributed by atoms with Crippen molar-refractivity contribution in [3.63, 3.8) is 0 Å². The Kier molecular flexibility index (Phi) is 2.74. The summed E-state index contributed by atoms with van der Waals surface area (Å²) < 4.78 is 6.19. The minimum atomic E-state index is -0.227. The van der Waals surface area contributed by atoms with Gasteiger partial charge in [0.15, 0.2) is 0 Å². The summed E-state index contributed by atoms with van der Waals surface area (Å²) in [5.41, 5.74) is 0.419. The summed E-state index contributed by atoms with van der Waals surface area (Å²) in [6.07, 6.45) is 1.91. The Morgan fingerprint density at radius 1 is 1.28 bits per heavy atom. The highest BCUT2D eigenvalue weighted by molar-refractivity contribution is 5.97. The van der Waals surface area contributed by atoms with E-state index in [2.05, 4.69) is 17.3 Å². The molecule has 0 radical (unpaired) electrons. The maximum absolute atomic E-state index is 12.0. The van der Waals surface area contributed by atoms with Gasteiger partial charge in [-0.05, 0) is 19.2 Å². The molecule has 1 spiro atoms. The first kappa shape index (κ1) is 11.5. The largest absolute Gasteiger partial charge is 0.485 e. The molecule has 4 nitrogen and oxygen atoms in total. The van der Waals surface area contributed by atoms with Gasteiger partial charge in [-0.25, -0.2) is 0 Å². The van der Waals surface area contributed by atoms with Crippen molar-refractivity contribution in [1.29, 1.82) is 0 Å². The second kappa shape index (κ2) is 4.28. The maximum atomic E-state index is 12.0. The van der Waals surface area contributed by atoms with E-state index in [1.54, 1.807) is 0 Å². The standard InChI is InChI=1S/C14H18N2O2/c1-16-8-6-14(7-9-16)10-15-13(17)11-4-2-3-5-12(11)18-14/h2-5H,6-10H2,1H3,(H,15,17). The molecule has 3 rings (SSSR count). The molecular weight excluding hydrogens is 228 g/mol. The lowest BCUT2D eigenvalue weighted by Crippen LogP contribution is -2.52. The van der Waals surface area contributed by atoms with Gasteiger partial charge in [-0.15, -0.1) is 0 Å². The van der Waals surface area contributed by atoms with Crippen LogP contribution < -0.4 is 10.1 Å². The number of para-hydroxylation sites is 1. The fourth-order valence-electron chi connectivity index (χ4n) is 2.65. The monoisotopic (exact) mass is 246 g/mol. The van der Waals surface area contributed by atoms with E-state index in [0.29, 0.717) is 12.1 Å². The van der Waals surface area contributed by atoms with Crippen molar-refractivity contribution in [2.45, 2.75) is 18.4 Å². The molecule has 2 aliphatic heterocycles. The topological polar surface area (TPSA) is 41.6 Å². The number of carbonyl (C=O) groups excluding carboxylic acids is 1. The van der Waals surface area contributed by atoms with Gasteiger partial charge in [-0.1, -0.05) is 12.1 Å². The number of nitrogens with one attached hydrogen (secondary N) is 1. The lowest BCUT2D eigenvalue weighted by atomic mass is 9.91. The summed E-state index contributed by atoms with van der Waals surface area (Å²) in [6, 6.07) is 7.49. The van der Waals surface area contributed by atoms with E-state index >= 15 is 0 Å². The predicted molar refractivity (Wildman–Crippen MR) is 68.9 cm³/mol. The van der Waals surface area contributed by atoms with Crippen LogP contribution in [-0.4, -0.2) is 43.1 Å². The second-order valence-corrected chi connectivity index (χ2v) is 5.27. The average molecular weight is 246 g/mol. The van der Waals surface area contributed by atoms with E-state index in [1.807, 2.05) is 24.3 Å². The Morgan fingerprint density at radius 3 is 2.78 bits per heavy atom. The van der Waals surface area contributed by atoms with Crippen molar-refractivity contribution in [1.82, 2.24) is 10.2 Å². The van der Waals surface area contributed by atoms with Crippen molar-refractivity contribution in [3.05, 3.63) is 29.8 Å². The van der Waals surface area contributed by atoms with E-state index in [1.165, 1.54) is 0 Å². The number of nitrogens with zero attached hydrogens (tertiary/aromatic N) is 1. The fourth-order valence-corrected chi connectivity index (χ4v) is 2.65. The van der Waals surface area contributed by atoms with Gasteiger partial charge in [0.05, 0.1) is 12.1 Å². The number of rotatable bonds is 0. The minimum Gasteiger partial charge on any atom is -0.485 e. The molecule has 4 heteroatoms. The molecule has 1 aromatic carbocycles. The van der Waals surface area contributed by atoms with Crippen LogP contribution in [0.2, 0.25) is 0 Å². The summed E-state index contributed by atoms with van der Waals surface area (Å²) in [6.45, 7) is 2.63. The van der Waals surface area contributed by atoms with Crippen LogP contribution >= 0.6 is 0 Å². The predicted octanol–water partition coefficient (Wildman–Crippen LogP) is 1.27. The number of ether oxygens (including phenoxy) is 1. The fraction of sp³-hybridized carbons (Fsp3) is 0.500. The van der Waals surface area contributed by atoms with E-state index < -0.39 is 0 Å². The number of benzene rings is 1. The molecule has 1 amide bonds. The summed E-state index contributed by atoms with van der Waals surface area (Å²) in [4.78, 5) is 14.3. The van der Waals surface area contributed by atoms with Gasteiger partial charge in [0, 0.05) is 25.9 Å². The molecule has 1 saturated heterocycles. The Bertz CT molecular complexity index is 465. The second-order valence-electron chi connectivity index (χ2n) is 5.27.